The van der Waals surface area contributed by atoms with Gasteiger partial charge in [0, 0.05) is 27.7 Å². The van der Waals surface area contributed by atoms with Crippen molar-refractivity contribution in [3.8, 4) is 11.5 Å². The molecule has 1 heterocycles. The van der Waals surface area contributed by atoms with E-state index < -0.39 is 0 Å². The van der Waals surface area contributed by atoms with E-state index in [2.05, 4.69) is 10.2 Å². The predicted octanol–water partition coefficient (Wildman–Crippen LogP) is 5.38. The first-order valence-electron chi connectivity index (χ1n) is 7.68. The van der Waals surface area contributed by atoms with E-state index in [0.717, 1.165) is 5.56 Å². The van der Waals surface area contributed by atoms with Crippen LogP contribution < -0.4 is 0 Å². The molecular weight excluding hydrogens is 364 g/mol. The Hall–Kier alpha value is -1.95. The van der Waals surface area contributed by atoms with E-state index in [-0.39, 0.29) is 11.9 Å². The molecule has 0 unspecified atom stereocenters. The molecule has 0 spiro atoms. The molecule has 0 N–H and O–H groups in total. The van der Waals surface area contributed by atoms with Crippen LogP contribution in [-0.4, -0.2) is 22.1 Å². The van der Waals surface area contributed by atoms with E-state index in [1.54, 1.807) is 24.3 Å². The van der Waals surface area contributed by atoms with Crippen LogP contribution in [0.3, 0.4) is 0 Å². The summed E-state index contributed by atoms with van der Waals surface area (Å²) in [6, 6.07) is 11.6. The van der Waals surface area contributed by atoms with Gasteiger partial charge in [-0.2, -0.15) is 0 Å². The minimum atomic E-state index is -0.336. The zero-order valence-corrected chi connectivity index (χ0v) is 15.2. The Labute approximate surface area is 155 Å². The summed E-state index contributed by atoms with van der Waals surface area (Å²) >= 11 is 12.1. The summed E-state index contributed by atoms with van der Waals surface area (Å²) in [4.78, 5) is 1.89. The summed E-state index contributed by atoms with van der Waals surface area (Å²) in [5.74, 6) is 0.489. The van der Waals surface area contributed by atoms with E-state index in [0.29, 0.717) is 33.9 Å². The average Bonchev–Trinajstić information content (AvgIpc) is 3.07. The second-order valence-corrected chi connectivity index (χ2v) is 6.59. The van der Waals surface area contributed by atoms with Crippen molar-refractivity contribution in [2.45, 2.75) is 19.5 Å². The molecule has 1 atom stereocenters. The maximum atomic E-state index is 14.0. The smallest absolute Gasteiger partial charge is 0.247 e. The predicted molar refractivity (Wildman–Crippen MR) is 96.0 cm³/mol. The Morgan fingerprint density at radius 3 is 2.64 bits per heavy atom. The summed E-state index contributed by atoms with van der Waals surface area (Å²) in [7, 11) is 1.84. The standard InChI is InChI=1S/C18H16Cl2FN3O/c1-11(24(2)10-14-15(20)7-4-8-16(14)21)17-22-23-18(25-17)12-5-3-6-13(19)9-12/h3-9,11H,10H2,1-2H3/t11-/m0/s1. The van der Waals surface area contributed by atoms with Crippen molar-refractivity contribution in [1.29, 1.82) is 0 Å². The highest BCUT2D eigenvalue weighted by Crippen LogP contribution is 2.27. The van der Waals surface area contributed by atoms with Gasteiger partial charge in [0.25, 0.3) is 0 Å². The van der Waals surface area contributed by atoms with Crippen molar-refractivity contribution < 1.29 is 8.81 Å². The highest BCUT2D eigenvalue weighted by molar-refractivity contribution is 6.31. The van der Waals surface area contributed by atoms with Crippen LogP contribution in [0.5, 0.6) is 0 Å². The lowest BCUT2D eigenvalue weighted by molar-refractivity contribution is 0.215. The van der Waals surface area contributed by atoms with Crippen molar-refractivity contribution in [2.24, 2.45) is 0 Å². The van der Waals surface area contributed by atoms with E-state index in [1.165, 1.54) is 6.07 Å². The van der Waals surface area contributed by atoms with Crippen molar-refractivity contribution in [2.75, 3.05) is 7.05 Å². The van der Waals surface area contributed by atoms with Crippen LogP contribution in [0, 0.1) is 5.82 Å². The first-order chi connectivity index (χ1) is 12.0. The third-order valence-electron chi connectivity index (χ3n) is 4.00. The highest BCUT2D eigenvalue weighted by atomic mass is 35.5. The maximum Gasteiger partial charge on any atom is 0.247 e. The zero-order valence-electron chi connectivity index (χ0n) is 13.7. The van der Waals surface area contributed by atoms with E-state index in [4.69, 9.17) is 27.6 Å². The molecule has 0 aliphatic carbocycles. The number of rotatable bonds is 5. The number of hydrogen-bond donors (Lipinski definition) is 0. The molecule has 7 heteroatoms. The van der Waals surface area contributed by atoms with Crippen LogP contribution in [0.15, 0.2) is 46.9 Å². The van der Waals surface area contributed by atoms with Gasteiger partial charge < -0.3 is 4.42 Å². The molecule has 0 saturated carbocycles. The number of benzene rings is 2. The second-order valence-electron chi connectivity index (χ2n) is 5.75. The van der Waals surface area contributed by atoms with Crippen LogP contribution in [-0.2, 0) is 6.54 Å². The number of nitrogens with zero attached hydrogens (tertiary/aromatic N) is 3. The second kappa shape index (κ2) is 7.52. The lowest BCUT2D eigenvalue weighted by Gasteiger charge is -2.22. The summed E-state index contributed by atoms with van der Waals surface area (Å²) in [5.41, 5.74) is 1.19. The van der Waals surface area contributed by atoms with Crippen molar-refractivity contribution in [3.63, 3.8) is 0 Å². The fourth-order valence-corrected chi connectivity index (χ4v) is 2.81. The Morgan fingerprint density at radius 2 is 1.92 bits per heavy atom. The number of halogens is 3. The van der Waals surface area contributed by atoms with Gasteiger partial charge in [-0.15, -0.1) is 10.2 Å². The number of hydrogen-bond acceptors (Lipinski definition) is 4. The normalized spacial score (nSPS) is 12.6. The van der Waals surface area contributed by atoms with Gasteiger partial charge in [-0.3, -0.25) is 4.90 Å². The van der Waals surface area contributed by atoms with Gasteiger partial charge in [-0.05, 0) is 44.3 Å². The topological polar surface area (TPSA) is 42.2 Å². The van der Waals surface area contributed by atoms with Crippen LogP contribution in [0.25, 0.3) is 11.5 Å². The minimum absolute atomic E-state index is 0.212. The van der Waals surface area contributed by atoms with Crippen LogP contribution in [0.4, 0.5) is 4.39 Å². The minimum Gasteiger partial charge on any atom is -0.419 e. The van der Waals surface area contributed by atoms with Gasteiger partial charge in [0.15, 0.2) is 0 Å². The Kier molecular flexibility index (Phi) is 5.37. The molecule has 25 heavy (non-hydrogen) atoms. The van der Waals surface area contributed by atoms with Gasteiger partial charge in [-0.1, -0.05) is 35.3 Å². The van der Waals surface area contributed by atoms with Crippen molar-refractivity contribution >= 4 is 23.2 Å². The third kappa shape index (κ3) is 4.00. The summed E-state index contributed by atoms with van der Waals surface area (Å²) in [5, 5.41) is 9.16. The van der Waals surface area contributed by atoms with Gasteiger partial charge in [0.05, 0.1) is 6.04 Å². The Morgan fingerprint density at radius 1 is 1.16 bits per heavy atom. The fraction of sp³-hybridized carbons (Fsp3) is 0.222. The molecule has 1 aromatic heterocycles. The molecule has 0 aliphatic heterocycles. The monoisotopic (exact) mass is 379 g/mol. The van der Waals surface area contributed by atoms with E-state index in [1.807, 2.05) is 31.0 Å². The van der Waals surface area contributed by atoms with Crippen LogP contribution in [0.1, 0.15) is 24.4 Å². The van der Waals surface area contributed by atoms with Gasteiger partial charge >= 0.3 is 0 Å². The molecule has 3 rings (SSSR count). The summed E-state index contributed by atoms with van der Waals surface area (Å²) < 4.78 is 19.7. The highest BCUT2D eigenvalue weighted by Gasteiger charge is 2.21. The quantitative estimate of drug-likeness (QED) is 0.596. The molecule has 3 aromatic rings. The van der Waals surface area contributed by atoms with E-state index in [9.17, 15) is 4.39 Å². The first kappa shape index (κ1) is 17.9. The molecule has 0 bridgehead atoms. The zero-order chi connectivity index (χ0) is 18.0. The van der Waals surface area contributed by atoms with Gasteiger partial charge in [0.1, 0.15) is 5.82 Å². The van der Waals surface area contributed by atoms with Gasteiger partial charge in [0.2, 0.25) is 11.8 Å². The number of aromatic nitrogens is 2. The lowest BCUT2D eigenvalue weighted by Crippen LogP contribution is -2.23. The molecule has 2 aromatic carbocycles. The Balaban J connectivity index is 1.78. The summed E-state index contributed by atoms with van der Waals surface area (Å²) in [6.07, 6.45) is 0. The van der Waals surface area contributed by atoms with Crippen molar-refractivity contribution in [1.82, 2.24) is 15.1 Å². The van der Waals surface area contributed by atoms with Crippen LogP contribution >= 0.6 is 23.2 Å². The van der Waals surface area contributed by atoms with E-state index >= 15 is 0 Å². The SMILES string of the molecule is C[C@@H](c1nnc(-c2cccc(Cl)c2)o1)N(C)Cc1c(F)cccc1Cl. The lowest BCUT2D eigenvalue weighted by atomic mass is 10.1. The molecule has 0 aliphatic rings. The molecule has 0 saturated heterocycles. The average molecular weight is 380 g/mol. The van der Waals surface area contributed by atoms with Crippen molar-refractivity contribution in [3.05, 3.63) is 69.8 Å². The largest absolute Gasteiger partial charge is 0.419 e. The van der Waals surface area contributed by atoms with Crippen LogP contribution in [0.2, 0.25) is 10.0 Å². The fourth-order valence-electron chi connectivity index (χ4n) is 2.40. The first-order valence-corrected chi connectivity index (χ1v) is 8.43. The molecule has 0 amide bonds. The molecular formula is C18H16Cl2FN3O. The summed E-state index contributed by atoms with van der Waals surface area (Å²) in [6.45, 7) is 2.23. The third-order valence-corrected chi connectivity index (χ3v) is 4.59. The van der Waals surface area contributed by atoms with Gasteiger partial charge in [-0.25, -0.2) is 4.39 Å². The molecule has 4 nitrogen and oxygen atoms in total. The Bertz CT molecular complexity index is 864. The molecule has 0 radical (unpaired) electrons. The molecule has 0 fully saturated rings. The maximum absolute atomic E-state index is 14.0. The molecule has 130 valence electrons.